The number of aryl methyl sites for hydroxylation is 1. The third-order valence-electron chi connectivity index (χ3n) is 4.33. The van der Waals surface area contributed by atoms with Gasteiger partial charge < -0.3 is 10.2 Å². The van der Waals surface area contributed by atoms with Gasteiger partial charge >= 0.3 is 0 Å². The first kappa shape index (κ1) is 16.8. The molecule has 2 rings (SSSR count). The van der Waals surface area contributed by atoms with Gasteiger partial charge in [0.2, 0.25) is 5.91 Å². The topological polar surface area (TPSA) is 35.6 Å². The third kappa shape index (κ3) is 4.47. The zero-order valence-corrected chi connectivity index (χ0v) is 14.3. The molecule has 4 heteroatoms. The Bertz CT molecular complexity index is 476. The number of hydrogen-bond donors (Lipinski definition) is 1. The van der Waals surface area contributed by atoms with Crippen LogP contribution >= 0.6 is 0 Å². The lowest BCUT2D eigenvalue weighted by Crippen LogP contribution is -2.54. The number of carbonyl (C=O) groups excluding carboxylic acids is 1. The first-order valence-electron chi connectivity index (χ1n) is 8.30. The Kier molecular flexibility index (Phi) is 5.83. The van der Waals surface area contributed by atoms with Gasteiger partial charge in [-0.25, -0.2) is 0 Å². The number of nitrogens with one attached hydrogen (secondary N) is 1. The number of rotatable bonds is 5. The lowest BCUT2D eigenvalue weighted by atomic mass is 10.1. The molecule has 1 amide bonds. The summed E-state index contributed by atoms with van der Waals surface area (Å²) in [6.07, 6.45) is 0. The summed E-state index contributed by atoms with van der Waals surface area (Å²) in [5.41, 5.74) is 2.57. The molecule has 0 aliphatic carbocycles. The molecule has 1 saturated heterocycles. The zero-order chi connectivity index (χ0) is 16.1. The van der Waals surface area contributed by atoms with Gasteiger partial charge in [0.1, 0.15) is 0 Å². The second-order valence-electron chi connectivity index (χ2n) is 6.67. The summed E-state index contributed by atoms with van der Waals surface area (Å²) in [7, 11) is 0. The molecule has 1 aromatic rings. The molecule has 1 fully saturated rings. The molecule has 4 nitrogen and oxygen atoms in total. The Balaban J connectivity index is 1.83. The maximum absolute atomic E-state index is 12.2. The Morgan fingerprint density at radius 3 is 2.23 bits per heavy atom. The van der Waals surface area contributed by atoms with Gasteiger partial charge in [0, 0.05) is 38.4 Å². The molecule has 1 aliphatic rings. The number of anilines is 1. The van der Waals surface area contributed by atoms with Crippen molar-refractivity contribution in [3.63, 3.8) is 0 Å². The highest BCUT2D eigenvalue weighted by molar-refractivity contribution is 5.81. The van der Waals surface area contributed by atoms with Gasteiger partial charge in [-0.05, 0) is 31.9 Å². The van der Waals surface area contributed by atoms with Crippen molar-refractivity contribution in [2.45, 2.75) is 33.7 Å². The van der Waals surface area contributed by atoms with Gasteiger partial charge in [0.15, 0.2) is 0 Å². The highest BCUT2D eigenvalue weighted by Gasteiger charge is 2.25. The predicted octanol–water partition coefficient (Wildman–Crippen LogP) is 2.28. The SMILES string of the molecule is Cc1ccc(N2CCN([C@H](C)C(=O)NCC(C)C)CC2)cc1. The zero-order valence-electron chi connectivity index (χ0n) is 14.3. The van der Waals surface area contributed by atoms with Crippen LogP contribution in [0.3, 0.4) is 0 Å². The maximum Gasteiger partial charge on any atom is 0.237 e. The lowest BCUT2D eigenvalue weighted by Gasteiger charge is -2.38. The predicted molar refractivity (Wildman–Crippen MR) is 92.3 cm³/mol. The van der Waals surface area contributed by atoms with Crippen LogP contribution in [0, 0.1) is 12.8 Å². The second-order valence-corrected chi connectivity index (χ2v) is 6.67. The van der Waals surface area contributed by atoms with Crippen LogP contribution in [0.15, 0.2) is 24.3 Å². The van der Waals surface area contributed by atoms with E-state index in [2.05, 4.69) is 60.2 Å². The van der Waals surface area contributed by atoms with Crippen molar-refractivity contribution in [3.05, 3.63) is 29.8 Å². The van der Waals surface area contributed by atoms with Gasteiger partial charge in [-0.2, -0.15) is 0 Å². The maximum atomic E-state index is 12.2. The summed E-state index contributed by atoms with van der Waals surface area (Å²) < 4.78 is 0. The highest BCUT2D eigenvalue weighted by Crippen LogP contribution is 2.18. The first-order valence-corrected chi connectivity index (χ1v) is 8.30. The minimum Gasteiger partial charge on any atom is -0.369 e. The van der Waals surface area contributed by atoms with E-state index in [-0.39, 0.29) is 11.9 Å². The van der Waals surface area contributed by atoms with Crippen LogP contribution in [-0.2, 0) is 4.79 Å². The van der Waals surface area contributed by atoms with Crippen LogP contribution in [0.25, 0.3) is 0 Å². The number of piperazine rings is 1. The van der Waals surface area contributed by atoms with Crippen molar-refractivity contribution in [2.75, 3.05) is 37.6 Å². The van der Waals surface area contributed by atoms with Crippen molar-refractivity contribution in [1.82, 2.24) is 10.2 Å². The van der Waals surface area contributed by atoms with Crippen LogP contribution in [0.5, 0.6) is 0 Å². The van der Waals surface area contributed by atoms with Crippen LogP contribution in [0.1, 0.15) is 26.3 Å². The molecule has 0 bridgehead atoms. The molecule has 1 atom stereocenters. The number of nitrogens with zero attached hydrogens (tertiary/aromatic N) is 2. The van der Waals surface area contributed by atoms with Gasteiger partial charge in [0.25, 0.3) is 0 Å². The Morgan fingerprint density at radius 2 is 1.68 bits per heavy atom. The second kappa shape index (κ2) is 7.63. The van der Waals surface area contributed by atoms with Crippen LogP contribution < -0.4 is 10.2 Å². The molecule has 0 aromatic heterocycles. The highest BCUT2D eigenvalue weighted by atomic mass is 16.2. The number of carbonyl (C=O) groups is 1. The molecule has 0 saturated carbocycles. The van der Waals surface area contributed by atoms with Crippen molar-refractivity contribution in [1.29, 1.82) is 0 Å². The summed E-state index contributed by atoms with van der Waals surface area (Å²) in [5, 5.41) is 3.03. The van der Waals surface area contributed by atoms with Gasteiger partial charge in [-0.15, -0.1) is 0 Å². The number of hydrogen-bond acceptors (Lipinski definition) is 3. The third-order valence-corrected chi connectivity index (χ3v) is 4.33. The van der Waals surface area contributed by atoms with E-state index in [0.29, 0.717) is 5.92 Å². The Morgan fingerprint density at radius 1 is 1.09 bits per heavy atom. The summed E-state index contributed by atoms with van der Waals surface area (Å²) in [5.74, 6) is 0.645. The van der Waals surface area contributed by atoms with Crippen molar-refractivity contribution >= 4 is 11.6 Å². The monoisotopic (exact) mass is 303 g/mol. The average molecular weight is 303 g/mol. The molecule has 122 valence electrons. The van der Waals surface area contributed by atoms with Crippen LogP contribution in [0.2, 0.25) is 0 Å². The molecule has 1 heterocycles. The minimum atomic E-state index is -0.0427. The Labute approximate surface area is 134 Å². The van der Waals surface area contributed by atoms with E-state index in [9.17, 15) is 4.79 Å². The Hall–Kier alpha value is -1.55. The van der Waals surface area contributed by atoms with Gasteiger partial charge in [0.05, 0.1) is 6.04 Å². The average Bonchev–Trinajstić information content (AvgIpc) is 2.53. The quantitative estimate of drug-likeness (QED) is 0.906. The normalized spacial score (nSPS) is 17.6. The van der Waals surface area contributed by atoms with Crippen molar-refractivity contribution in [3.8, 4) is 0 Å². The molecule has 1 aliphatic heterocycles. The molecular weight excluding hydrogens is 274 g/mol. The molecule has 1 N–H and O–H groups in total. The summed E-state index contributed by atoms with van der Waals surface area (Å²) >= 11 is 0. The molecule has 22 heavy (non-hydrogen) atoms. The first-order chi connectivity index (χ1) is 10.5. The summed E-state index contributed by atoms with van der Waals surface area (Å²) in [4.78, 5) is 16.8. The fraction of sp³-hybridized carbons (Fsp3) is 0.611. The van der Waals surface area contributed by atoms with Gasteiger partial charge in [-0.1, -0.05) is 31.5 Å². The molecular formula is C18H29N3O. The van der Waals surface area contributed by atoms with E-state index >= 15 is 0 Å². The van der Waals surface area contributed by atoms with E-state index < -0.39 is 0 Å². The van der Waals surface area contributed by atoms with E-state index in [4.69, 9.17) is 0 Å². The summed E-state index contributed by atoms with van der Waals surface area (Å²) in [6, 6.07) is 8.64. The fourth-order valence-corrected chi connectivity index (χ4v) is 2.74. The van der Waals surface area contributed by atoms with Crippen LogP contribution in [-0.4, -0.2) is 49.6 Å². The van der Waals surface area contributed by atoms with E-state index in [1.54, 1.807) is 0 Å². The number of amides is 1. The molecule has 0 unspecified atom stereocenters. The van der Waals surface area contributed by atoms with Crippen LogP contribution in [0.4, 0.5) is 5.69 Å². The fourth-order valence-electron chi connectivity index (χ4n) is 2.74. The van der Waals surface area contributed by atoms with Gasteiger partial charge in [-0.3, -0.25) is 9.69 Å². The molecule has 0 radical (unpaired) electrons. The lowest BCUT2D eigenvalue weighted by molar-refractivity contribution is -0.126. The molecule has 1 aromatic carbocycles. The smallest absolute Gasteiger partial charge is 0.237 e. The van der Waals surface area contributed by atoms with Crippen molar-refractivity contribution in [2.24, 2.45) is 5.92 Å². The van der Waals surface area contributed by atoms with E-state index in [0.717, 1.165) is 32.7 Å². The van der Waals surface area contributed by atoms with E-state index in [1.165, 1.54) is 11.3 Å². The summed E-state index contributed by atoms with van der Waals surface area (Å²) in [6.45, 7) is 12.9. The van der Waals surface area contributed by atoms with Crippen molar-refractivity contribution < 1.29 is 4.79 Å². The standard InChI is InChI=1S/C18H29N3O/c1-14(2)13-19-18(22)16(4)20-9-11-21(12-10-20)17-7-5-15(3)6-8-17/h5-8,14,16H,9-13H2,1-4H3,(H,19,22)/t16-/m1/s1. The minimum absolute atomic E-state index is 0.0427. The largest absolute Gasteiger partial charge is 0.369 e. The molecule has 0 spiro atoms. The van der Waals surface area contributed by atoms with E-state index in [1.807, 2.05) is 6.92 Å². The number of benzene rings is 1.